The number of rotatable bonds is 10. The predicted molar refractivity (Wildman–Crippen MR) is 215 cm³/mol. The van der Waals surface area contributed by atoms with Crippen molar-refractivity contribution in [2.24, 2.45) is 5.92 Å². The molecule has 5 aliphatic rings. The number of benzene rings is 1. The van der Waals surface area contributed by atoms with E-state index in [9.17, 15) is 23.6 Å². The molecule has 58 heavy (non-hydrogen) atoms. The minimum atomic E-state index is -0.579. The average molecular weight is 798 g/mol. The van der Waals surface area contributed by atoms with Gasteiger partial charge in [-0.1, -0.05) is 12.1 Å². The number of carbonyl (C=O) groups excluding carboxylic acids is 4. The maximum atomic E-state index is 15.3. The third-order valence-electron chi connectivity index (χ3n) is 12.9. The zero-order chi connectivity index (χ0) is 40.2. The van der Waals surface area contributed by atoms with E-state index in [0.717, 1.165) is 96.3 Å². The lowest BCUT2D eigenvalue weighted by Gasteiger charge is -2.41. The molecule has 5 fully saturated rings. The van der Waals surface area contributed by atoms with Crippen molar-refractivity contribution >= 4 is 41.1 Å². The number of likely N-dealkylation sites (tertiary alicyclic amines) is 1. The summed E-state index contributed by atoms with van der Waals surface area (Å²) in [5.74, 6) is -0.369. The number of aromatic nitrogens is 3. The van der Waals surface area contributed by atoms with Crippen LogP contribution in [-0.2, 0) is 19.2 Å². The molecule has 308 valence electrons. The minimum Gasteiger partial charge on any atom is -0.374 e. The highest BCUT2D eigenvalue weighted by atomic mass is 19.1. The zero-order valence-electron chi connectivity index (χ0n) is 32.9. The monoisotopic (exact) mass is 797 g/mol. The highest BCUT2D eigenvalue weighted by Gasteiger charge is 2.34. The quantitative estimate of drug-likeness (QED) is 0.184. The molecule has 2 aliphatic carbocycles. The second-order valence-corrected chi connectivity index (χ2v) is 16.7. The van der Waals surface area contributed by atoms with Crippen molar-refractivity contribution in [3.8, 4) is 11.4 Å². The van der Waals surface area contributed by atoms with Crippen LogP contribution in [0.2, 0.25) is 0 Å². The number of hydrogen-bond acceptors (Lipinski definition) is 10. The fraction of sp³-hybridized carbons (Fsp3) is 0.558. The second kappa shape index (κ2) is 17.8. The molecular weight excluding hydrogens is 745 g/mol. The molecule has 3 aromatic rings. The summed E-state index contributed by atoms with van der Waals surface area (Å²) in [6, 6.07) is 10.4. The molecule has 0 bridgehead atoms. The molecule has 1 aromatic carbocycles. The van der Waals surface area contributed by atoms with E-state index in [2.05, 4.69) is 41.1 Å². The first-order valence-corrected chi connectivity index (χ1v) is 21.2. The van der Waals surface area contributed by atoms with Gasteiger partial charge in [-0.3, -0.25) is 29.4 Å². The van der Waals surface area contributed by atoms with Crippen molar-refractivity contribution in [2.45, 2.75) is 126 Å². The van der Waals surface area contributed by atoms with Crippen LogP contribution in [0.25, 0.3) is 11.4 Å². The maximum Gasteiger partial charge on any atom is 0.249 e. The summed E-state index contributed by atoms with van der Waals surface area (Å²) >= 11 is 0. The van der Waals surface area contributed by atoms with Crippen LogP contribution >= 0.6 is 0 Å². The predicted octanol–water partition coefficient (Wildman–Crippen LogP) is 5.83. The van der Waals surface area contributed by atoms with Gasteiger partial charge in [-0.05, 0) is 132 Å². The Bertz CT molecular complexity index is 1990. The molecule has 13 nitrogen and oxygen atoms in total. The van der Waals surface area contributed by atoms with Gasteiger partial charge in [0.1, 0.15) is 23.4 Å². The number of halogens is 2. The Morgan fingerprint density at radius 2 is 1.55 bits per heavy atom. The highest BCUT2D eigenvalue weighted by molar-refractivity contribution is 6.01. The normalized spacial score (nSPS) is 26.2. The lowest BCUT2D eigenvalue weighted by atomic mass is 9.82. The number of imide groups is 1. The molecule has 1 atom stereocenters. The van der Waals surface area contributed by atoms with Gasteiger partial charge in [0, 0.05) is 49.1 Å². The largest absolute Gasteiger partial charge is 0.374 e. The van der Waals surface area contributed by atoms with Crippen LogP contribution in [0.1, 0.15) is 108 Å². The second-order valence-electron chi connectivity index (χ2n) is 16.7. The van der Waals surface area contributed by atoms with Crippen molar-refractivity contribution in [1.82, 2.24) is 30.5 Å². The molecule has 2 aromatic heterocycles. The standard InChI is InChI=1S/C43H53F2N9O4/c44-33-24-30(47-36-17-18-38(55)51-42(36)58)13-16-32(33)26-19-22-53(23-20-26)31-14-7-27(8-15-31)41(57)48-28-9-11-29(12-10-28)49-43-46-25-34(45)40(52-43)35-4-3-5-37(50-35)54-21-2-1-6-39(54)56/h3-5,13,16,24-29,31,36,47H,1-2,6-12,14-15,17-23H2,(H,48,57)(H,46,49,52)(H,51,55,58). The van der Waals surface area contributed by atoms with Crippen LogP contribution in [0, 0.1) is 17.6 Å². The Hall–Kier alpha value is -5.05. The molecule has 3 saturated heterocycles. The SMILES string of the molecule is O=C1CCC(Nc2ccc(C3CCN(C4CCC(C(=O)NC5CCC(Nc6ncc(F)c(-c7cccc(N8CCCCC8=O)n7)n6)CC5)CC4)CC3)c(F)c2)C(=O)N1. The summed E-state index contributed by atoms with van der Waals surface area (Å²) in [6.07, 6.45) is 12.8. The Kier molecular flexibility index (Phi) is 12.2. The van der Waals surface area contributed by atoms with Crippen molar-refractivity contribution in [1.29, 1.82) is 0 Å². The lowest BCUT2D eigenvalue weighted by Crippen LogP contribution is -2.47. The summed E-state index contributed by atoms with van der Waals surface area (Å²) in [6.45, 7) is 2.39. The Labute approximate surface area is 337 Å². The fourth-order valence-corrected chi connectivity index (χ4v) is 9.51. The van der Waals surface area contributed by atoms with Crippen LogP contribution in [0.5, 0.6) is 0 Å². The molecule has 0 radical (unpaired) electrons. The minimum absolute atomic E-state index is 0.0113. The first kappa shape index (κ1) is 39.8. The van der Waals surface area contributed by atoms with Gasteiger partial charge in [-0.2, -0.15) is 0 Å². The molecule has 2 saturated carbocycles. The maximum absolute atomic E-state index is 15.3. The molecular formula is C43H53F2N9O4. The summed E-state index contributed by atoms with van der Waals surface area (Å²) < 4.78 is 30.2. The molecule has 1 unspecified atom stereocenters. The Balaban J connectivity index is 0.754. The topological polar surface area (TPSA) is 162 Å². The first-order chi connectivity index (χ1) is 28.2. The number of nitrogens with one attached hydrogen (secondary N) is 4. The van der Waals surface area contributed by atoms with E-state index in [0.29, 0.717) is 54.1 Å². The fourth-order valence-electron chi connectivity index (χ4n) is 9.51. The van der Waals surface area contributed by atoms with Gasteiger partial charge in [-0.15, -0.1) is 0 Å². The zero-order valence-corrected chi connectivity index (χ0v) is 32.9. The summed E-state index contributed by atoms with van der Waals surface area (Å²) in [5.41, 5.74) is 1.68. The van der Waals surface area contributed by atoms with Gasteiger partial charge < -0.3 is 20.9 Å². The molecule has 4 amide bonds. The molecule has 4 N–H and O–H groups in total. The van der Waals surface area contributed by atoms with E-state index in [-0.39, 0.29) is 65.5 Å². The van der Waals surface area contributed by atoms with Gasteiger partial charge >= 0.3 is 0 Å². The number of pyridine rings is 1. The van der Waals surface area contributed by atoms with Gasteiger partial charge in [-0.25, -0.2) is 23.7 Å². The van der Waals surface area contributed by atoms with Crippen LogP contribution in [0.4, 0.5) is 26.2 Å². The van der Waals surface area contributed by atoms with E-state index >= 15 is 4.39 Å². The van der Waals surface area contributed by atoms with E-state index in [4.69, 9.17) is 0 Å². The van der Waals surface area contributed by atoms with Crippen LogP contribution in [-0.4, -0.2) is 87.3 Å². The van der Waals surface area contributed by atoms with E-state index in [1.54, 1.807) is 23.1 Å². The summed E-state index contributed by atoms with van der Waals surface area (Å²) in [5, 5.41) is 12.1. The summed E-state index contributed by atoms with van der Waals surface area (Å²) in [7, 11) is 0. The molecule has 15 heteroatoms. The molecule has 3 aliphatic heterocycles. The lowest BCUT2D eigenvalue weighted by molar-refractivity contribution is -0.133. The van der Waals surface area contributed by atoms with Crippen molar-refractivity contribution in [2.75, 3.05) is 35.2 Å². The van der Waals surface area contributed by atoms with Gasteiger partial charge in [0.25, 0.3) is 0 Å². The first-order valence-electron chi connectivity index (χ1n) is 21.2. The highest BCUT2D eigenvalue weighted by Crippen LogP contribution is 2.36. The summed E-state index contributed by atoms with van der Waals surface area (Å²) in [4.78, 5) is 66.8. The van der Waals surface area contributed by atoms with E-state index in [1.165, 1.54) is 6.07 Å². The molecule has 5 heterocycles. The molecule has 0 spiro atoms. The number of hydrogen-bond donors (Lipinski definition) is 4. The van der Waals surface area contributed by atoms with Crippen molar-refractivity contribution < 1.29 is 28.0 Å². The third-order valence-corrected chi connectivity index (χ3v) is 12.9. The smallest absolute Gasteiger partial charge is 0.249 e. The van der Waals surface area contributed by atoms with Crippen LogP contribution < -0.4 is 26.2 Å². The molecule has 8 rings (SSSR count). The van der Waals surface area contributed by atoms with Crippen molar-refractivity contribution in [3.63, 3.8) is 0 Å². The number of carbonyl (C=O) groups is 4. The number of nitrogens with zero attached hydrogens (tertiary/aromatic N) is 5. The number of anilines is 3. The Morgan fingerprint density at radius 1 is 0.776 bits per heavy atom. The van der Waals surface area contributed by atoms with E-state index < -0.39 is 11.9 Å². The average Bonchev–Trinajstić information content (AvgIpc) is 3.24. The number of piperidine rings is 3. The van der Waals surface area contributed by atoms with E-state index in [1.807, 2.05) is 12.1 Å². The van der Waals surface area contributed by atoms with Crippen LogP contribution in [0.3, 0.4) is 0 Å². The van der Waals surface area contributed by atoms with Crippen molar-refractivity contribution in [3.05, 3.63) is 59.8 Å². The third kappa shape index (κ3) is 9.29. The number of amides is 4. The van der Waals surface area contributed by atoms with Gasteiger partial charge in [0.05, 0.1) is 11.9 Å². The Morgan fingerprint density at radius 3 is 2.29 bits per heavy atom. The van der Waals surface area contributed by atoms with Gasteiger partial charge in [0.15, 0.2) is 5.82 Å². The van der Waals surface area contributed by atoms with Gasteiger partial charge in [0.2, 0.25) is 29.6 Å². The van der Waals surface area contributed by atoms with Crippen LogP contribution in [0.15, 0.2) is 42.6 Å².